The molecule has 0 unspecified atom stereocenters. The van der Waals surface area contributed by atoms with Crippen molar-refractivity contribution < 1.29 is 13.2 Å². The third kappa shape index (κ3) is 4.36. The molecule has 1 aliphatic heterocycles. The molecule has 1 aliphatic rings. The van der Waals surface area contributed by atoms with E-state index >= 15 is 0 Å². The Morgan fingerprint density at radius 2 is 2.00 bits per heavy atom. The van der Waals surface area contributed by atoms with E-state index in [1.54, 1.807) is 18.3 Å². The number of aromatic nitrogens is 1. The maximum atomic E-state index is 11.8. The van der Waals surface area contributed by atoms with Crippen LogP contribution in [-0.4, -0.2) is 37.0 Å². The van der Waals surface area contributed by atoms with E-state index in [9.17, 15) is 13.2 Å². The van der Waals surface area contributed by atoms with Crippen molar-refractivity contribution in [1.29, 1.82) is 0 Å². The van der Waals surface area contributed by atoms with Gasteiger partial charge in [-0.3, -0.25) is 4.79 Å². The molecule has 132 valence electrons. The first-order valence-corrected chi connectivity index (χ1v) is 10.1. The van der Waals surface area contributed by atoms with Gasteiger partial charge in [-0.05, 0) is 29.7 Å². The molecule has 1 fully saturated rings. The van der Waals surface area contributed by atoms with Gasteiger partial charge in [0.15, 0.2) is 9.84 Å². The lowest BCUT2D eigenvalue weighted by Crippen LogP contribution is -2.23. The molecule has 2 heterocycles. The zero-order valence-electron chi connectivity index (χ0n) is 14.1. The minimum Gasteiger partial charge on any atom is -0.365 e. The molecule has 3 rings (SSSR count). The summed E-state index contributed by atoms with van der Waals surface area (Å²) in [5.74, 6) is 0.555. The van der Waals surface area contributed by atoms with Gasteiger partial charge < -0.3 is 10.2 Å². The van der Waals surface area contributed by atoms with Gasteiger partial charge in [-0.15, -0.1) is 0 Å². The summed E-state index contributed by atoms with van der Waals surface area (Å²) in [4.78, 5) is 17.9. The molecule has 0 bridgehead atoms. The fraction of sp³-hybridized carbons (Fsp3) is 0.333. The Kier molecular flexibility index (Phi) is 5.03. The second kappa shape index (κ2) is 7.23. The Morgan fingerprint density at radius 1 is 1.20 bits per heavy atom. The fourth-order valence-electron chi connectivity index (χ4n) is 2.94. The predicted molar refractivity (Wildman–Crippen MR) is 95.8 cm³/mol. The number of pyridine rings is 1. The summed E-state index contributed by atoms with van der Waals surface area (Å²) in [7, 11) is -3.34. The minimum atomic E-state index is -3.34. The molecule has 1 aromatic carbocycles. The second-order valence-electron chi connectivity index (χ2n) is 6.21. The zero-order valence-corrected chi connectivity index (χ0v) is 14.9. The molecule has 1 amide bonds. The Balaban J connectivity index is 1.70. The number of nitrogens with zero attached hydrogens (tertiary/aromatic N) is 2. The number of nitrogens with one attached hydrogen (secondary N) is 1. The smallest absolute Gasteiger partial charge is 0.222 e. The molecular formula is C18H21N3O3S. The second-order valence-corrected chi connectivity index (χ2v) is 8.20. The number of hydrogen-bond acceptors (Lipinski definition) is 5. The lowest BCUT2D eigenvalue weighted by atomic mass is 10.1. The van der Waals surface area contributed by atoms with Gasteiger partial charge in [0.2, 0.25) is 5.91 Å². The highest BCUT2D eigenvalue weighted by molar-refractivity contribution is 7.90. The van der Waals surface area contributed by atoms with Crippen LogP contribution < -0.4 is 5.32 Å². The third-order valence-electron chi connectivity index (χ3n) is 4.17. The number of carbonyl (C=O) groups excluding carboxylic acids is 1. The highest BCUT2D eigenvalue weighted by Crippen LogP contribution is 2.19. The van der Waals surface area contributed by atoms with Gasteiger partial charge in [0, 0.05) is 38.5 Å². The topological polar surface area (TPSA) is 79.4 Å². The monoisotopic (exact) mass is 359 g/mol. The molecule has 0 saturated carbocycles. The molecule has 2 aromatic rings. The lowest BCUT2D eigenvalue weighted by molar-refractivity contribution is -0.128. The summed E-state index contributed by atoms with van der Waals surface area (Å²) in [6.45, 7) is 1.89. The van der Waals surface area contributed by atoms with Crippen molar-refractivity contribution in [2.75, 3.05) is 18.1 Å². The molecule has 25 heavy (non-hydrogen) atoms. The van der Waals surface area contributed by atoms with Gasteiger partial charge >= 0.3 is 0 Å². The summed E-state index contributed by atoms with van der Waals surface area (Å²) < 4.78 is 23.7. The zero-order chi connectivity index (χ0) is 17.9. The van der Waals surface area contributed by atoms with E-state index in [4.69, 9.17) is 0 Å². The van der Waals surface area contributed by atoms with Crippen LogP contribution in [0.5, 0.6) is 0 Å². The summed E-state index contributed by atoms with van der Waals surface area (Å²) in [6, 6.07) is 11.1. The maximum absolute atomic E-state index is 11.8. The van der Waals surface area contributed by atoms with Crippen LogP contribution in [0.15, 0.2) is 47.5 Å². The standard InChI is InChI=1S/C18H21N3O3S/c1-25(23,24)16-7-3-9-19-18(16)20-12-14-5-2-6-15(11-14)13-21-10-4-8-17(21)22/h2-3,5-7,9,11H,4,8,10,12-13H2,1H3,(H,19,20). The molecule has 6 nitrogen and oxygen atoms in total. The Labute approximate surface area is 147 Å². The van der Waals surface area contributed by atoms with E-state index in [1.807, 2.05) is 29.2 Å². The predicted octanol–water partition coefficient (Wildman–Crippen LogP) is 2.22. The molecule has 0 atom stereocenters. The Morgan fingerprint density at radius 3 is 2.72 bits per heavy atom. The van der Waals surface area contributed by atoms with Gasteiger partial charge in [-0.2, -0.15) is 0 Å². The van der Waals surface area contributed by atoms with Gasteiger partial charge in [-0.1, -0.05) is 24.3 Å². The van der Waals surface area contributed by atoms with Gasteiger partial charge in [0.25, 0.3) is 0 Å². The van der Waals surface area contributed by atoms with Crippen molar-refractivity contribution >= 4 is 21.6 Å². The van der Waals surface area contributed by atoms with Gasteiger partial charge in [0.1, 0.15) is 10.7 Å². The van der Waals surface area contributed by atoms with E-state index in [-0.39, 0.29) is 10.8 Å². The Bertz CT molecular complexity index is 881. The van der Waals surface area contributed by atoms with Crippen LogP contribution in [0, 0.1) is 0 Å². The molecular weight excluding hydrogens is 338 g/mol. The van der Waals surface area contributed by atoms with Crippen molar-refractivity contribution in [3.05, 3.63) is 53.7 Å². The number of sulfone groups is 1. The van der Waals surface area contributed by atoms with Crippen LogP contribution in [0.25, 0.3) is 0 Å². The van der Waals surface area contributed by atoms with Crippen molar-refractivity contribution in [3.63, 3.8) is 0 Å². The highest BCUT2D eigenvalue weighted by Gasteiger charge is 2.20. The molecule has 1 N–H and O–H groups in total. The number of amides is 1. The highest BCUT2D eigenvalue weighted by atomic mass is 32.2. The number of anilines is 1. The molecule has 0 aliphatic carbocycles. The fourth-order valence-corrected chi connectivity index (χ4v) is 3.74. The maximum Gasteiger partial charge on any atom is 0.222 e. The van der Waals surface area contributed by atoms with Crippen molar-refractivity contribution in [2.24, 2.45) is 0 Å². The van der Waals surface area contributed by atoms with Crippen LogP contribution in [0.3, 0.4) is 0 Å². The minimum absolute atomic E-state index is 0.189. The summed E-state index contributed by atoms with van der Waals surface area (Å²) >= 11 is 0. The lowest BCUT2D eigenvalue weighted by Gasteiger charge is -2.16. The van der Waals surface area contributed by atoms with Crippen LogP contribution in [0.4, 0.5) is 5.82 Å². The molecule has 0 spiro atoms. The summed E-state index contributed by atoms with van der Waals surface area (Å²) in [5.41, 5.74) is 2.08. The summed E-state index contributed by atoms with van der Waals surface area (Å²) in [6.07, 6.45) is 4.29. The molecule has 7 heteroatoms. The number of hydrogen-bond donors (Lipinski definition) is 1. The van der Waals surface area contributed by atoms with E-state index < -0.39 is 9.84 Å². The average Bonchev–Trinajstić information content (AvgIpc) is 2.98. The van der Waals surface area contributed by atoms with E-state index in [0.717, 1.165) is 24.1 Å². The van der Waals surface area contributed by atoms with Crippen molar-refractivity contribution in [3.8, 4) is 0 Å². The largest absolute Gasteiger partial charge is 0.365 e. The first-order valence-electron chi connectivity index (χ1n) is 8.18. The summed E-state index contributed by atoms with van der Waals surface area (Å²) in [5, 5.41) is 3.09. The van der Waals surface area contributed by atoms with Crippen LogP contribution >= 0.6 is 0 Å². The average molecular weight is 359 g/mol. The molecule has 0 radical (unpaired) electrons. The molecule has 1 aromatic heterocycles. The number of benzene rings is 1. The quantitative estimate of drug-likeness (QED) is 0.855. The first-order chi connectivity index (χ1) is 11.9. The third-order valence-corrected chi connectivity index (χ3v) is 5.29. The van der Waals surface area contributed by atoms with Crippen LogP contribution in [-0.2, 0) is 27.7 Å². The van der Waals surface area contributed by atoms with Crippen molar-refractivity contribution in [2.45, 2.75) is 30.8 Å². The van der Waals surface area contributed by atoms with E-state index in [2.05, 4.69) is 10.3 Å². The van der Waals surface area contributed by atoms with Crippen molar-refractivity contribution in [1.82, 2.24) is 9.88 Å². The normalized spacial score (nSPS) is 14.8. The van der Waals surface area contributed by atoms with Crippen LogP contribution in [0.1, 0.15) is 24.0 Å². The molecule has 1 saturated heterocycles. The number of likely N-dealkylation sites (tertiary alicyclic amines) is 1. The number of carbonyl (C=O) groups is 1. The van der Waals surface area contributed by atoms with Gasteiger partial charge in [0.05, 0.1) is 0 Å². The van der Waals surface area contributed by atoms with E-state index in [0.29, 0.717) is 25.3 Å². The van der Waals surface area contributed by atoms with Gasteiger partial charge in [-0.25, -0.2) is 13.4 Å². The first kappa shape index (κ1) is 17.4. The number of rotatable bonds is 6. The Hall–Kier alpha value is -2.41. The van der Waals surface area contributed by atoms with E-state index in [1.165, 1.54) is 6.26 Å². The van der Waals surface area contributed by atoms with Crippen LogP contribution in [0.2, 0.25) is 0 Å². The SMILES string of the molecule is CS(=O)(=O)c1cccnc1NCc1cccc(CN2CCCC2=O)c1.